The molecule has 0 aliphatic carbocycles. The first-order valence-electron chi connectivity index (χ1n) is 20.1. The molecule has 10 saturated heterocycles. The van der Waals surface area contributed by atoms with Crippen molar-refractivity contribution in [3.8, 4) is 0 Å². The number of ether oxygens (including phenoxy) is 8. The molecule has 0 aromatic heterocycles. The van der Waals surface area contributed by atoms with Crippen molar-refractivity contribution in [3.05, 3.63) is 24.3 Å². The molecule has 1 spiro atoms. The Hall–Kier alpha value is -1.25. The number of rotatable bonds is 3. The van der Waals surface area contributed by atoms with Crippen LogP contribution in [0.3, 0.4) is 0 Å². The van der Waals surface area contributed by atoms with E-state index >= 15 is 0 Å². The van der Waals surface area contributed by atoms with Crippen LogP contribution in [0.1, 0.15) is 97.3 Å². The molecule has 0 saturated carbocycles. The highest BCUT2D eigenvalue weighted by Gasteiger charge is 2.68. The predicted octanol–water partition coefficient (Wildman–Crippen LogP) is 4.06. The molecule has 51 heavy (non-hydrogen) atoms. The SMILES string of the molecule is C=C1C[C@@H]2CCC34C[C@@H]5O[C@@H]6[C@@H](O[C@H]7CCC(CC(=O)CC8C(C[C@H]9O[C@@H](CCC1O2)C[C@@H](C)C9=C)O[C@H](C[C@H](O)CN)[C@@H]8C)O[C@@H]7[C@@H]6O3)[C@H]5O4. The fourth-order valence-electron chi connectivity index (χ4n) is 11.3. The van der Waals surface area contributed by atoms with E-state index in [9.17, 15) is 9.90 Å². The zero-order valence-electron chi connectivity index (χ0n) is 30.4. The fourth-order valence-corrected chi connectivity index (χ4v) is 11.3. The van der Waals surface area contributed by atoms with E-state index in [0.717, 1.165) is 56.1 Å². The van der Waals surface area contributed by atoms with Crippen LogP contribution in [-0.2, 0) is 42.7 Å². The zero-order valence-corrected chi connectivity index (χ0v) is 30.4. The molecule has 12 bridgehead atoms. The van der Waals surface area contributed by atoms with Gasteiger partial charge in [0.05, 0.1) is 61.0 Å². The molecule has 11 heteroatoms. The molecule has 0 amide bonds. The summed E-state index contributed by atoms with van der Waals surface area (Å²) in [5, 5.41) is 10.5. The maximum Gasteiger partial charge on any atom is 0.172 e. The minimum absolute atomic E-state index is 0.00127. The number of hydrogen-bond donors (Lipinski definition) is 2. The fraction of sp³-hybridized carbons (Fsp3) is 0.875. The maximum absolute atomic E-state index is 14.0. The van der Waals surface area contributed by atoms with Gasteiger partial charge in [0.15, 0.2) is 5.79 Å². The normalized spacial score (nSPS) is 53.2. The second kappa shape index (κ2) is 13.8. The summed E-state index contributed by atoms with van der Waals surface area (Å²) in [7, 11) is 0. The van der Waals surface area contributed by atoms with Gasteiger partial charge in [-0.25, -0.2) is 0 Å². The van der Waals surface area contributed by atoms with E-state index in [1.54, 1.807) is 0 Å². The Morgan fingerprint density at radius 1 is 0.765 bits per heavy atom. The van der Waals surface area contributed by atoms with Crippen molar-refractivity contribution in [2.45, 2.75) is 195 Å². The Morgan fingerprint density at radius 2 is 1.51 bits per heavy atom. The van der Waals surface area contributed by atoms with E-state index in [-0.39, 0.29) is 110 Å². The highest BCUT2D eigenvalue weighted by atomic mass is 16.8. The number of hydrogen-bond acceptors (Lipinski definition) is 11. The summed E-state index contributed by atoms with van der Waals surface area (Å²) in [5.74, 6) is -0.222. The Morgan fingerprint density at radius 3 is 2.35 bits per heavy atom. The Balaban J connectivity index is 0.986. The molecule has 0 radical (unpaired) electrons. The summed E-state index contributed by atoms with van der Waals surface area (Å²) in [6, 6.07) is 0. The number of ketones is 1. The number of nitrogens with two attached hydrogens (primary N) is 1. The lowest BCUT2D eigenvalue weighted by Gasteiger charge is -2.47. The molecule has 10 rings (SSSR count). The monoisotopic (exact) mass is 713 g/mol. The zero-order chi connectivity index (χ0) is 35.2. The molecular formula is C40H59NO10. The van der Waals surface area contributed by atoms with Crippen molar-refractivity contribution in [2.24, 2.45) is 23.5 Å². The summed E-state index contributed by atoms with van der Waals surface area (Å²) in [6.07, 6.45) is 6.43. The van der Waals surface area contributed by atoms with Crippen molar-refractivity contribution < 1.29 is 47.8 Å². The topological polar surface area (TPSA) is 137 Å². The third kappa shape index (κ3) is 6.53. The van der Waals surface area contributed by atoms with E-state index in [0.29, 0.717) is 44.4 Å². The summed E-state index contributed by atoms with van der Waals surface area (Å²) in [4.78, 5) is 14.0. The molecule has 10 fully saturated rings. The third-order valence-corrected chi connectivity index (χ3v) is 14.2. The number of fused-ring (bicyclic) bond motifs is 6. The molecular weight excluding hydrogens is 654 g/mol. The van der Waals surface area contributed by atoms with Gasteiger partial charge >= 0.3 is 0 Å². The van der Waals surface area contributed by atoms with Crippen LogP contribution in [0.5, 0.6) is 0 Å². The number of Topliss-reactive ketones (excluding diaryl/α,β-unsaturated/α-hetero) is 1. The van der Waals surface area contributed by atoms with E-state index in [2.05, 4.69) is 27.0 Å². The van der Waals surface area contributed by atoms with Gasteiger partial charge in [-0.3, -0.25) is 4.79 Å². The van der Waals surface area contributed by atoms with Crippen LogP contribution in [0.15, 0.2) is 24.3 Å². The van der Waals surface area contributed by atoms with Gasteiger partial charge in [-0.15, -0.1) is 0 Å². The summed E-state index contributed by atoms with van der Waals surface area (Å²) in [6.45, 7) is 13.5. The van der Waals surface area contributed by atoms with Crippen LogP contribution < -0.4 is 5.73 Å². The first-order chi connectivity index (χ1) is 24.6. The van der Waals surface area contributed by atoms with Gasteiger partial charge in [0, 0.05) is 45.1 Å². The average Bonchev–Trinajstić information content (AvgIpc) is 3.77. The molecule has 10 aliphatic rings. The first kappa shape index (κ1) is 35.5. The van der Waals surface area contributed by atoms with E-state index in [4.69, 9.17) is 43.6 Å². The molecule has 19 atom stereocenters. The number of carbonyl (C=O) groups is 1. The van der Waals surface area contributed by atoms with E-state index in [1.807, 2.05) is 0 Å². The highest BCUT2D eigenvalue weighted by molar-refractivity contribution is 5.79. The largest absolute Gasteiger partial charge is 0.392 e. The van der Waals surface area contributed by atoms with Crippen LogP contribution in [0, 0.1) is 17.8 Å². The van der Waals surface area contributed by atoms with Crippen LogP contribution in [-0.4, -0.2) is 115 Å². The van der Waals surface area contributed by atoms with Crippen LogP contribution >= 0.6 is 0 Å². The second-order valence-corrected chi connectivity index (χ2v) is 17.6. The maximum atomic E-state index is 14.0. The summed E-state index contributed by atoms with van der Waals surface area (Å²) in [5.41, 5.74) is 8.06. The number of aliphatic hydroxyl groups excluding tert-OH is 1. The van der Waals surface area contributed by atoms with Crippen molar-refractivity contribution in [1.82, 2.24) is 0 Å². The summed E-state index contributed by atoms with van der Waals surface area (Å²) < 4.78 is 54.0. The summed E-state index contributed by atoms with van der Waals surface area (Å²) >= 11 is 0. The minimum atomic E-state index is -0.765. The molecule has 3 N–H and O–H groups in total. The van der Waals surface area contributed by atoms with E-state index < -0.39 is 11.9 Å². The lowest BCUT2D eigenvalue weighted by atomic mass is 9.78. The first-order valence-corrected chi connectivity index (χ1v) is 20.1. The van der Waals surface area contributed by atoms with Gasteiger partial charge in [0.2, 0.25) is 0 Å². The minimum Gasteiger partial charge on any atom is -0.392 e. The van der Waals surface area contributed by atoms with Crippen molar-refractivity contribution in [1.29, 1.82) is 0 Å². The van der Waals surface area contributed by atoms with Gasteiger partial charge < -0.3 is 48.7 Å². The molecule has 5 unspecified atom stereocenters. The predicted molar refractivity (Wildman–Crippen MR) is 185 cm³/mol. The lowest BCUT2D eigenvalue weighted by molar-refractivity contribution is -0.292. The molecule has 0 aromatic rings. The average molecular weight is 714 g/mol. The van der Waals surface area contributed by atoms with Gasteiger partial charge in [0.1, 0.15) is 36.3 Å². The standard InChI is InChI=1S/C40H59NO10/c1-19-11-25-5-7-29-20(2)12-27(44-29)9-10-40-17-34-36(50-40)37-38(49-34)39(51-40)35-30(48-37)8-6-26(46-35)13-23(42)14-28-22(4)31(15-24(43)18-41)47-33(28)16-32(45-25)21(19)3/h19,22,24-39,43H,2-3,5-18,41H2,1,4H3/t19-,22-,24+,25+,26?,27+,28?,29?,30+,31-,32-,33?,34+,35+,36+,37+,38-,39+,40?/m1/s1. The van der Waals surface area contributed by atoms with Crippen LogP contribution in [0.25, 0.3) is 0 Å². The Bertz CT molecular complexity index is 1360. The molecule has 11 nitrogen and oxygen atoms in total. The van der Waals surface area contributed by atoms with E-state index in [1.165, 1.54) is 0 Å². The quantitative estimate of drug-likeness (QED) is 0.410. The van der Waals surface area contributed by atoms with Gasteiger partial charge in [0.25, 0.3) is 0 Å². The third-order valence-electron chi connectivity index (χ3n) is 14.2. The second-order valence-electron chi connectivity index (χ2n) is 17.6. The van der Waals surface area contributed by atoms with Gasteiger partial charge in [-0.2, -0.15) is 0 Å². The van der Waals surface area contributed by atoms with Crippen molar-refractivity contribution >= 4 is 5.78 Å². The van der Waals surface area contributed by atoms with Crippen LogP contribution in [0.2, 0.25) is 0 Å². The Kier molecular flexibility index (Phi) is 9.59. The highest BCUT2D eigenvalue weighted by Crippen LogP contribution is 2.54. The van der Waals surface area contributed by atoms with Gasteiger partial charge in [-0.1, -0.05) is 27.0 Å². The van der Waals surface area contributed by atoms with Crippen molar-refractivity contribution in [2.75, 3.05) is 6.54 Å². The number of aliphatic hydroxyl groups is 1. The molecule has 10 heterocycles. The smallest absolute Gasteiger partial charge is 0.172 e. The molecule has 10 aliphatic heterocycles. The van der Waals surface area contributed by atoms with Gasteiger partial charge in [-0.05, 0) is 73.8 Å². The molecule has 284 valence electrons. The van der Waals surface area contributed by atoms with Crippen molar-refractivity contribution in [3.63, 3.8) is 0 Å². The number of carbonyl (C=O) groups excluding carboxylic acids is 1. The van der Waals surface area contributed by atoms with Crippen LogP contribution in [0.4, 0.5) is 0 Å². The lowest BCUT2D eigenvalue weighted by Crippen LogP contribution is -2.61. The Labute approximate surface area is 302 Å². The molecule has 0 aromatic carbocycles.